The van der Waals surface area contributed by atoms with Gasteiger partial charge in [-0.15, -0.1) is 0 Å². The summed E-state index contributed by atoms with van der Waals surface area (Å²) >= 11 is -0.408. The van der Waals surface area contributed by atoms with Gasteiger partial charge in [-0.3, -0.25) is 0 Å². The SMILES string of the molecule is O=C(Nc1cccc2c1N=[Se]=N2)C(F)(F)C(F)F. The first-order chi connectivity index (χ1) is 8.43. The molecule has 4 nitrogen and oxygen atoms in total. The number of nitrogens with zero attached hydrogens (tertiary/aromatic N) is 2. The quantitative estimate of drug-likeness (QED) is 0.684. The van der Waals surface area contributed by atoms with Gasteiger partial charge in [-0.1, -0.05) is 0 Å². The minimum absolute atomic E-state index is 0.0408. The number of amides is 1. The third-order valence-electron chi connectivity index (χ3n) is 2.11. The second-order valence-electron chi connectivity index (χ2n) is 3.32. The summed E-state index contributed by atoms with van der Waals surface area (Å²) in [6.07, 6.45) is -4.06. The first kappa shape index (κ1) is 13.0. The molecule has 0 atom stereocenters. The van der Waals surface area contributed by atoms with Gasteiger partial charge in [-0.05, 0) is 0 Å². The van der Waals surface area contributed by atoms with Crippen molar-refractivity contribution in [3.63, 3.8) is 0 Å². The second-order valence-corrected chi connectivity index (χ2v) is 4.42. The number of carbonyl (C=O) groups excluding carboxylic acids is 1. The zero-order chi connectivity index (χ0) is 13.3. The fraction of sp³-hybridized carbons (Fsp3) is 0.222. The van der Waals surface area contributed by atoms with Crippen molar-refractivity contribution in [1.82, 2.24) is 0 Å². The monoisotopic (exact) mass is 327 g/mol. The van der Waals surface area contributed by atoms with Crippen LogP contribution in [0.3, 0.4) is 0 Å². The molecule has 1 heterocycles. The van der Waals surface area contributed by atoms with Crippen LogP contribution in [0.25, 0.3) is 0 Å². The normalized spacial score (nSPS) is 13.4. The van der Waals surface area contributed by atoms with E-state index in [0.29, 0.717) is 5.69 Å². The summed E-state index contributed by atoms with van der Waals surface area (Å²) in [6.45, 7) is 0. The van der Waals surface area contributed by atoms with Gasteiger partial charge in [-0.2, -0.15) is 0 Å². The maximum absolute atomic E-state index is 12.8. The molecule has 96 valence electrons. The molecular formula is C9H5F4N3OSe. The van der Waals surface area contributed by atoms with Gasteiger partial charge in [0.2, 0.25) is 0 Å². The number of hydrogen-bond donors (Lipinski definition) is 1. The van der Waals surface area contributed by atoms with Crippen LogP contribution in [0.1, 0.15) is 0 Å². The molecule has 0 radical (unpaired) electrons. The number of anilines is 1. The van der Waals surface area contributed by atoms with E-state index < -0.39 is 32.8 Å². The van der Waals surface area contributed by atoms with Crippen molar-refractivity contribution in [3.8, 4) is 0 Å². The van der Waals surface area contributed by atoms with Gasteiger partial charge in [0.15, 0.2) is 0 Å². The van der Waals surface area contributed by atoms with Crippen molar-refractivity contribution in [2.45, 2.75) is 12.3 Å². The van der Waals surface area contributed by atoms with Crippen LogP contribution < -0.4 is 5.32 Å². The predicted octanol–water partition coefficient (Wildman–Crippen LogP) is 2.87. The predicted molar refractivity (Wildman–Crippen MR) is 56.0 cm³/mol. The molecule has 0 spiro atoms. The van der Waals surface area contributed by atoms with Gasteiger partial charge in [0.25, 0.3) is 0 Å². The molecule has 1 aliphatic heterocycles. The molecule has 18 heavy (non-hydrogen) atoms. The van der Waals surface area contributed by atoms with E-state index in [1.807, 2.05) is 0 Å². The Morgan fingerprint density at radius 2 is 2.06 bits per heavy atom. The van der Waals surface area contributed by atoms with Crippen LogP contribution in [0.2, 0.25) is 0 Å². The Labute approximate surface area is 104 Å². The molecule has 1 N–H and O–H groups in total. The Hall–Kier alpha value is -1.47. The molecule has 1 aliphatic rings. The van der Waals surface area contributed by atoms with E-state index in [0.717, 1.165) is 0 Å². The number of hydrogen-bond acceptors (Lipinski definition) is 3. The van der Waals surface area contributed by atoms with Crippen LogP contribution in [-0.4, -0.2) is 32.8 Å². The molecule has 0 unspecified atom stereocenters. The Kier molecular flexibility index (Phi) is 3.36. The molecule has 0 aliphatic carbocycles. The Morgan fingerprint density at radius 3 is 2.72 bits per heavy atom. The molecular weight excluding hydrogens is 321 g/mol. The van der Waals surface area contributed by atoms with E-state index in [-0.39, 0.29) is 11.4 Å². The van der Waals surface area contributed by atoms with Crippen molar-refractivity contribution < 1.29 is 22.4 Å². The molecule has 9 heteroatoms. The number of nitrogens with one attached hydrogen (secondary N) is 1. The molecule has 1 aromatic carbocycles. The number of rotatable bonds is 3. The molecule has 1 aromatic rings. The summed E-state index contributed by atoms with van der Waals surface area (Å²) in [5.41, 5.74) is 0.657. The van der Waals surface area contributed by atoms with Crippen LogP contribution in [0.15, 0.2) is 26.1 Å². The van der Waals surface area contributed by atoms with Crippen molar-refractivity contribution in [2.75, 3.05) is 5.32 Å². The third-order valence-corrected chi connectivity index (χ3v) is 3.25. The summed E-state index contributed by atoms with van der Waals surface area (Å²) in [6, 6.07) is 4.36. The van der Waals surface area contributed by atoms with Crippen LogP contribution in [0.4, 0.5) is 34.6 Å². The zero-order valence-corrected chi connectivity index (χ0v) is 10.2. The summed E-state index contributed by atoms with van der Waals surface area (Å²) in [4.78, 5) is 11.1. The zero-order valence-electron chi connectivity index (χ0n) is 8.53. The Morgan fingerprint density at radius 1 is 1.33 bits per heavy atom. The first-order valence-electron chi connectivity index (χ1n) is 4.61. The van der Waals surface area contributed by atoms with Crippen molar-refractivity contribution >= 4 is 37.5 Å². The van der Waals surface area contributed by atoms with E-state index in [1.54, 1.807) is 11.4 Å². The van der Waals surface area contributed by atoms with Crippen molar-refractivity contribution in [2.24, 2.45) is 7.92 Å². The maximum atomic E-state index is 12.8. The number of alkyl halides is 4. The number of carbonyl (C=O) groups is 1. The number of benzene rings is 1. The van der Waals surface area contributed by atoms with Gasteiger partial charge >= 0.3 is 104 Å². The first-order valence-corrected chi connectivity index (χ1v) is 6.15. The average molecular weight is 326 g/mol. The fourth-order valence-electron chi connectivity index (χ4n) is 1.21. The summed E-state index contributed by atoms with van der Waals surface area (Å²) < 4.78 is 57.4. The van der Waals surface area contributed by atoms with E-state index in [9.17, 15) is 22.4 Å². The average Bonchev–Trinajstić information content (AvgIpc) is 2.77. The van der Waals surface area contributed by atoms with E-state index in [2.05, 4.69) is 7.92 Å². The van der Waals surface area contributed by atoms with E-state index >= 15 is 0 Å². The molecule has 0 saturated carbocycles. The summed E-state index contributed by atoms with van der Waals surface area (Å²) in [7, 11) is 0. The topological polar surface area (TPSA) is 53.8 Å². The number of fused-ring (bicyclic) bond motifs is 1. The van der Waals surface area contributed by atoms with E-state index in [1.165, 1.54) is 12.1 Å². The molecule has 0 fully saturated rings. The van der Waals surface area contributed by atoms with Crippen LogP contribution in [0, 0.1) is 0 Å². The van der Waals surface area contributed by atoms with Gasteiger partial charge in [0, 0.05) is 0 Å². The van der Waals surface area contributed by atoms with Gasteiger partial charge in [0.05, 0.1) is 0 Å². The molecule has 0 aromatic heterocycles. The van der Waals surface area contributed by atoms with Crippen molar-refractivity contribution in [3.05, 3.63) is 18.2 Å². The Balaban J connectivity index is 2.24. The van der Waals surface area contributed by atoms with Gasteiger partial charge in [0.1, 0.15) is 0 Å². The number of halogens is 4. The Bertz CT molecular complexity index is 569. The molecule has 0 bridgehead atoms. The van der Waals surface area contributed by atoms with Gasteiger partial charge in [-0.25, -0.2) is 0 Å². The summed E-state index contributed by atoms with van der Waals surface area (Å²) in [5, 5.41) is 1.75. The standard InChI is InChI=1S/C9H5F4N3OSe/c10-7(11)9(12,13)8(17)14-4-2-1-3-5-6(4)16-18-15-5/h1-3,7H,(H,14,17). The second kappa shape index (κ2) is 4.66. The third kappa shape index (κ3) is 2.23. The molecule has 0 saturated heterocycles. The van der Waals surface area contributed by atoms with Crippen LogP contribution in [-0.2, 0) is 4.79 Å². The fourth-order valence-corrected chi connectivity index (χ4v) is 2.36. The summed E-state index contributed by atoms with van der Waals surface area (Å²) in [5.74, 6) is -6.79. The van der Waals surface area contributed by atoms with E-state index in [4.69, 9.17) is 0 Å². The minimum atomic E-state index is -4.73. The van der Waals surface area contributed by atoms with Gasteiger partial charge < -0.3 is 0 Å². The molecule has 1 amide bonds. The van der Waals surface area contributed by atoms with Crippen LogP contribution >= 0.6 is 0 Å². The van der Waals surface area contributed by atoms with Crippen LogP contribution in [0.5, 0.6) is 0 Å². The van der Waals surface area contributed by atoms with Crippen molar-refractivity contribution in [1.29, 1.82) is 0 Å². The molecule has 2 rings (SSSR count).